The zero-order chi connectivity index (χ0) is 34.4. The predicted octanol–water partition coefficient (Wildman–Crippen LogP) is 14.4. The van der Waals surface area contributed by atoms with Gasteiger partial charge in [0.05, 0.1) is 6.04 Å². The maximum absolute atomic E-state index is 7.24. The second-order valence-electron chi connectivity index (χ2n) is 15.5. The summed E-state index contributed by atoms with van der Waals surface area (Å²) in [7, 11) is 2.17. The van der Waals surface area contributed by atoms with Crippen molar-refractivity contribution in [1.82, 2.24) is 0 Å². The van der Waals surface area contributed by atoms with E-state index in [1.54, 1.807) is 0 Å². The lowest BCUT2D eigenvalue weighted by molar-refractivity contribution is -0.427. The molecular formula is C46H81N2+. The third-order valence-electron chi connectivity index (χ3n) is 11.2. The van der Waals surface area contributed by atoms with Crippen LogP contribution in [0.4, 0.5) is 0 Å². The summed E-state index contributed by atoms with van der Waals surface area (Å²) < 4.78 is 2.26. The Morgan fingerprint density at radius 3 is 1.25 bits per heavy atom. The average molecular weight is 662 g/mol. The zero-order valence-electron chi connectivity index (χ0n) is 32.5. The Hall–Kier alpha value is -1.67. The summed E-state index contributed by atoms with van der Waals surface area (Å²) in [6.07, 6.45) is 51.3. The van der Waals surface area contributed by atoms with E-state index in [4.69, 9.17) is 5.73 Å². The lowest BCUT2D eigenvalue weighted by Gasteiger charge is -2.37. The Balaban J connectivity index is 1.74. The van der Waals surface area contributed by atoms with Crippen molar-refractivity contribution in [3.8, 4) is 0 Å². The Bertz CT molecular complexity index is 926. The molecule has 2 nitrogen and oxygen atoms in total. The van der Waals surface area contributed by atoms with Gasteiger partial charge in [0, 0.05) is 11.5 Å². The molecule has 1 aliphatic heterocycles. The lowest BCUT2D eigenvalue weighted by atomic mass is 9.69. The van der Waals surface area contributed by atoms with E-state index in [0.29, 0.717) is 0 Å². The van der Waals surface area contributed by atoms with E-state index in [9.17, 15) is 0 Å². The molecular weight excluding hydrogens is 581 g/mol. The number of nitrogens with two attached hydrogens (primary N) is 1. The van der Waals surface area contributed by atoms with Crippen molar-refractivity contribution in [2.45, 2.75) is 213 Å². The number of nitrogens with zero attached hydrogens (tertiary/aromatic N) is 1. The van der Waals surface area contributed by atoms with Crippen LogP contribution in [-0.2, 0) is 0 Å². The maximum atomic E-state index is 7.24. The molecule has 2 N–H and O–H groups in total. The maximum Gasteiger partial charge on any atom is 0.198 e. The number of hydrogen-bond donors (Lipinski definition) is 1. The molecule has 2 rings (SSSR count). The van der Waals surface area contributed by atoms with Crippen LogP contribution in [0.25, 0.3) is 6.08 Å². The molecule has 0 saturated heterocycles. The first-order valence-corrected chi connectivity index (χ1v) is 21.4. The van der Waals surface area contributed by atoms with Crippen LogP contribution < -0.4 is 5.73 Å². The summed E-state index contributed by atoms with van der Waals surface area (Å²) in [6.45, 7) is 4.61. The molecule has 1 aliphatic rings. The van der Waals surface area contributed by atoms with Gasteiger partial charge in [0.15, 0.2) is 11.9 Å². The van der Waals surface area contributed by atoms with Crippen LogP contribution in [0.3, 0.4) is 0 Å². The van der Waals surface area contributed by atoms with Crippen molar-refractivity contribution in [2.24, 2.45) is 11.1 Å². The highest BCUT2D eigenvalue weighted by atomic mass is 15.0. The van der Waals surface area contributed by atoms with Crippen LogP contribution in [0.5, 0.6) is 0 Å². The molecule has 274 valence electrons. The number of rotatable bonds is 32. The minimum Gasteiger partial charge on any atom is -0.318 e. The molecule has 0 saturated carbocycles. The van der Waals surface area contributed by atoms with E-state index in [-0.39, 0.29) is 11.5 Å². The van der Waals surface area contributed by atoms with E-state index in [0.717, 1.165) is 0 Å². The molecule has 0 bridgehead atoms. The fourth-order valence-corrected chi connectivity index (χ4v) is 7.83. The van der Waals surface area contributed by atoms with Gasteiger partial charge in [-0.05, 0) is 30.6 Å². The fourth-order valence-electron chi connectivity index (χ4n) is 7.83. The summed E-state index contributed by atoms with van der Waals surface area (Å²) in [5.41, 5.74) is 9.82. The SMILES string of the molecule is CCCCCCCCCCCCCCCCC1(CCCCCCCCCCCCCCCC)C=C[N+](C)=C(C=Cc2ccccc2)C1N. The summed E-state index contributed by atoms with van der Waals surface area (Å²) in [5.74, 6) is 0. The number of benzene rings is 1. The molecule has 0 amide bonds. The first-order valence-electron chi connectivity index (χ1n) is 21.4. The Kier molecular flexibility index (Phi) is 25.8. The van der Waals surface area contributed by atoms with Crippen LogP contribution in [0.15, 0.2) is 48.7 Å². The van der Waals surface area contributed by atoms with Crippen LogP contribution in [0.2, 0.25) is 0 Å². The van der Waals surface area contributed by atoms with Gasteiger partial charge in [-0.1, -0.05) is 224 Å². The first-order chi connectivity index (χ1) is 23.6. The minimum absolute atomic E-state index is 0.0522. The summed E-state index contributed by atoms with van der Waals surface area (Å²) >= 11 is 0. The predicted molar refractivity (Wildman–Crippen MR) is 216 cm³/mol. The Morgan fingerprint density at radius 2 is 0.875 bits per heavy atom. The van der Waals surface area contributed by atoms with Gasteiger partial charge in [0.1, 0.15) is 7.05 Å². The minimum atomic E-state index is 0.0522. The van der Waals surface area contributed by atoms with Crippen LogP contribution in [-0.4, -0.2) is 23.4 Å². The highest BCUT2D eigenvalue weighted by Crippen LogP contribution is 2.39. The molecule has 0 radical (unpaired) electrons. The van der Waals surface area contributed by atoms with Crippen molar-refractivity contribution < 1.29 is 4.58 Å². The normalized spacial score (nSPS) is 16.0. The van der Waals surface area contributed by atoms with Gasteiger partial charge in [-0.15, -0.1) is 0 Å². The van der Waals surface area contributed by atoms with Gasteiger partial charge in [0.2, 0.25) is 0 Å². The van der Waals surface area contributed by atoms with E-state index in [1.165, 1.54) is 204 Å². The number of unbranched alkanes of at least 4 members (excludes halogenated alkanes) is 26. The van der Waals surface area contributed by atoms with E-state index in [2.05, 4.69) is 80.2 Å². The van der Waals surface area contributed by atoms with Gasteiger partial charge < -0.3 is 5.73 Å². The van der Waals surface area contributed by atoms with Crippen LogP contribution in [0, 0.1) is 5.41 Å². The van der Waals surface area contributed by atoms with Crippen molar-refractivity contribution >= 4 is 11.8 Å². The van der Waals surface area contributed by atoms with E-state index >= 15 is 0 Å². The van der Waals surface area contributed by atoms with E-state index in [1.807, 2.05) is 0 Å². The molecule has 1 aromatic rings. The third kappa shape index (κ3) is 19.5. The molecule has 0 aliphatic carbocycles. The van der Waals surface area contributed by atoms with Crippen molar-refractivity contribution in [3.05, 3.63) is 54.2 Å². The smallest absolute Gasteiger partial charge is 0.198 e. The highest BCUT2D eigenvalue weighted by molar-refractivity contribution is 5.99. The molecule has 0 aromatic heterocycles. The van der Waals surface area contributed by atoms with Gasteiger partial charge in [-0.25, -0.2) is 4.58 Å². The second kappa shape index (κ2) is 29.1. The molecule has 0 spiro atoms. The average Bonchev–Trinajstić information content (AvgIpc) is 3.10. The van der Waals surface area contributed by atoms with E-state index < -0.39 is 0 Å². The summed E-state index contributed by atoms with van der Waals surface area (Å²) in [5, 5.41) is 0. The molecule has 1 heterocycles. The topological polar surface area (TPSA) is 29.0 Å². The van der Waals surface area contributed by atoms with Crippen molar-refractivity contribution in [1.29, 1.82) is 0 Å². The van der Waals surface area contributed by atoms with Gasteiger partial charge in [0.25, 0.3) is 0 Å². The van der Waals surface area contributed by atoms with Crippen LogP contribution >= 0.6 is 0 Å². The van der Waals surface area contributed by atoms with Crippen LogP contribution in [0.1, 0.15) is 212 Å². The molecule has 1 aromatic carbocycles. The Morgan fingerprint density at radius 1 is 0.521 bits per heavy atom. The highest BCUT2D eigenvalue weighted by Gasteiger charge is 2.41. The fraction of sp³-hybridized carbons (Fsp3) is 0.761. The Labute approximate surface area is 300 Å². The van der Waals surface area contributed by atoms with Gasteiger partial charge >= 0.3 is 0 Å². The standard InChI is InChI=1S/C46H81N2/c1-4-6-8-10-12-14-16-18-20-22-24-26-28-33-39-46(40-34-29-27-25-23-21-19-17-15-13-11-9-7-5-2)41-42-48(3)44(45(46)47)38-37-43-35-31-30-32-36-43/h30-32,35-38,41-42,45H,4-29,33-34,39-40,47H2,1-3H3/q+1. The molecule has 2 heteroatoms. The van der Waals surface area contributed by atoms with Gasteiger partial charge in [-0.3, -0.25) is 0 Å². The monoisotopic (exact) mass is 662 g/mol. The first kappa shape index (κ1) is 42.5. The second-order valence-corrected chi connectivity index (χ2v) is 15.5. The molecule has 1 unspecified atom stereocenters. The lowest BCUT2D eigenvalue weighted by Crippen LogP contribution is -2.50. The van der Waals surface area contributed by atoms with Crippen molar-refractivity contribution in [3.63, 3.8) is 0 Å². The number of hydrogen-bond acceptors (Lipinski definition) is 1. The van der Waals surface area contributed by atoms with Gasteiger partial charge in [-0.2, -0.15) is 0 Å². The summed E-state index contributed by atoms with van der Waals surface area (Å²) in [6, 6.07) is 10.7. The quantitative estimate of drug-likeness (QED) is 0.0604. The third-order valence-corrected chi connectivity index (χ3v) is 11.2. The molecule has 48 heavy (non-hydrogen) atoms. The largest absolute Gasteiger partial charge is 0.318 e. The van der Waals surface area contributed by atoms with Crippen molar-refractivity contribution in [2.75, 3.05) is 7.05 Å². The molecule has 1 atom stereocenters. The molecule has 0 fully saturated rings. The summed E-state index contributed by atoms with van der Waals surface area (Å²) in [4.78, 5) is 0. The zero-order valence-corrected chi connectivity index (χ0v) is 32.5.